The lowest BCUT2D eigenvalue weighted by molar-refractivity contribution is 0.271. The first kappa shape index (κ1) is 17.0. The Morgan fingerprint density at radius 2 is 1.92 bits per heavy atom. The lowest BCUT2D eigenvalue weighted by Gasteiger charge is -2.27. The minimum Gasteiger partial charge on any atom is -0.275 e. The van der Waals surface area contributed by atoms with Gasteiger partial charge in [0.05, 0.1) is 34.9 Å². The summed E-state index contributed by atoms with van der Waals surface area (Å²) in [5, 5.41) is 8.93. The van der Waals surface area contributed by atoms with E-state index in [-0.39, 0.29) is 16.6 Å². The molecule has 0 unspecified atom stereocenters. The molecule has 0 atom stereocenters. The van der Waals surface area contributed by atoms with Gasteiger partial charge in [-0.25, -0.2) is 4.68 Å². The Morgan fingerprint density at radius 3 is 2.42 bits per heavy atom. The zero-order chi connectivity index (χ0) is 17.7. The van der Waals surface area contributed by atoms with Crippen molar-refractivity contribution in [2.75, 3.05) is 4.72 Å². The standard InChI is InChI=1S/C16H25N5O2S/c1-11-15(12(2)21(18-11)16(3,4)5)19-24(22,23)14-9-10-17-20(14)13-7-6-8-13/h9-10,13,19H,6-8H2,1-5H3. The molecule has 3 rings (SSSR count). The van der Waals surface area contributed by atoms with Crippen molar-refractivity contribution in [3.05, 3.63) is 23.7 Å². The highest BCUT2D eigenvalue weighted by Gasteiger charge is 2.30. The van der Waals surface area contributed by atoms with Gasteiger partial charge < -0.3 is 0 Å². The fourth-order valence-electron chi connectivity index (χ4n) is 3.05. The van der Waals surface area contributed by atoms with Gasteiger partial charge in [-0.15, -0.1) is 0 Å². The molecule has 2 aromatic rings. The van der Waals surface area contributed by atoms with Crippen molar-refractivity contribution in [1.29, 1.82) is 0 Å². The highest BCUT2D eigenvalue weighted by atomic mass is 32.2. The van der Waals surface area contributed by atoms with Gasteiger partial charge in [0.25, 0.3) is 10.0 Å². The van der Waals surface area contributed by atoms with Crippen molar-refractivity contribution in [2.24, 2.45) is 0 Å². The average Bonchev–Trinajstić information content (AvgIpc) is 2.96. The van der Waals surface area contributed by atoms with Crippen LogP contribution in [-0.4, -0.2) is 28.0 Å². The van der Waals surface area contributed by atoms with Crippen LogP contribution in [0.2, 0.25) is 0 Å². The van der Waals surface area contributed by atoms with Gasteiger partial charge in [-0.1, -0.05) is 0 Å². The molecule has 0 saturated heterocycles. The van der Waals surface area contributed by atoms with Crippen LogP contribution in [0.3, 0.4) is 0 Å². The third-order valence-corrected chi connectivity index (χ3v) is 5.84. The topological polar surface area (TPSA) is 81.8 Å². The van der Waals surface area contributed by atoms with Gasteiger partial charge in [0.1, 0.15) is 0 Å². The third-order valence-electron chi connectivity index (χ3n) is 4.49. The van der Waals surface area contributed by atoms with Gasteiger partial charge in [-0.2, -0.15) is 18.6 Å². The Balaban J connectivity index is 1.96. The predicted molar refractivity (Wildman–Crippen MR) is 92.6 cm³/mol. The van der Waals surface area contributed by atoms with Crippen LogP contribution in [0.4, 0.5) is 5.69 Å². The normalized spacial score (nSPS) is 16.2. The highest BCUT2D eigenvalue weighted by Crippen LogP contribution is 2.34. The number of nitrogens with zero attached hydrogens (tertiary/aromatic N) is 4. The van der Waals surface area contributed by atoms with Gasteiger partial charge in [-0.05, 0) is 59.9 Å². The van der Waals surface area contributed by atoms with Gasteiger partial charge in [0.15, 0.2) is 5.03 Å². The Kier molecular flexibility index (Phi) is 3.98. The second kappa shape index (κ2) is 5.61. The van der Waals surface area contributed by atoms with Gasteiger partial charge in [-0.3, -0.25) is 9.40 Å². The van der Waals surface area contributed by atoms with E-state index in [0.29, 0.717) is 11.4 Å². The van der Waals surface area contributed by atoms with Crippen LogP contribution >= 0.6 is 0 Å². The minimum atomic E-state index is -3.70. The Bertz CT molecular complexity index is 854. The van der Waals surface area contributed by atoms with Gasteiger partial charge >= 0.3 is 0 Å². The summed E-state index contributed by atoms with van der Waals surface area (Å²) in [7, 11) is -3.70. The van der Waals surface area contributed by atoms with Crippen LogP contribution in [-0.2, 0) is 15.6 Å². The van der Waals surface area contributed by atoms with E-state index in [4.69, 9.17) is 0 Å². The molecule has 24 heavy (non-hydrogen) atoms. The largest absolute Gasteiger partial charge is 0.279 e. The number of nitrogens with one attached hydrogen (secondary N) is 1. The van der Waals surface area contributed by atoms with E-state index in [9.17, 15) is 8.42 Å². The molecule has 0 amide bonds. The summed E-state index contributed by atoms with van der Waals surface area (Å²) in [5.74, 6) is 0. The first-order valence-electron chi connectivity index (χ1n) is 8.24. The van der Waals surface area contributed by atoms with Crippen molar-refractivity contribution < 1.29 is 8.42 Å². The molecule has 0 radical (unpaired) electrons. The summed E-state index contributed by atoms with van der Waals surface area (Å²) in [4.78, 5) is 0. The molecule has 0 spiro atoms. The third kappa shape index (κ3) is 2.83. The fraction of sp³-hybridized carbons (Fsp3) is 0.625. The van der Waals surface area contributed by atoms with Gasteiger partial charge in [0.2, 0.25) is 0 Å². The SMILES string of the molecule is Cc1nn(C(C)(C)C)c(C)c1NS(=O)(=O)c1ccnn1C1CCC1. The van der Waals surface area contributed by atoms with E-state index in [2.05, 4.69) is 14.9 Å². The van der Waals surface area contributed by atoms with Crippen LogP contribution in [0.1, 0.15) is 57.5 Å². The number of hydrogen-bond acceptors (Lipinski definition) is 4. The van der Waals surface area contributed by atoms with Crippen LogP contribution in [0.25, 0.3) is 0 Å². The molecular formula is C16H25N5O2S. The fourth-order valence-corrected chi connectivity index (χ4v) is 4.40. The first-order valence-corrected chi connectivity index (χ1v) is 9.72. The summed E-state index contributed by atoms with van der Waals surface area (Å²) in [6.45, 7) is 9.81. The van der Waals surface area contributed by atoms with E-state index in [1.54, 1.807) is 16.9 Å². The van der Waals surface area contributed by atoms with E-state index in [1.165, 1.54) is 0 Å². The molecule has 2 aromatic heterocycles. The van der Waals surface area contributed by atoms with Crippen molar-refractivity contribution in [3.63, 3.8) is 0 Å². The molecule has 2 heterocycles. The molecule has 1 saturated carbocycles. The maximum atomic E-state index is 12.9. The number of aromatic nitrogens is 4. The molecule has 0 aromatic carbocycles. The lowest BCUT2D eigenvalue weighted by atomic mass is 9.93. The Labute approximate surface area is 143 Å². The van der Waals surface area contributed by atoms with Crippen molar-refractivity contribution in [3.8, 4) is 0 Å². The molecule has 132 valence electrons. The highest BCUT2D eigenvalue weighted by molar-refractivity contribution is 7.92. The van der Waals surface area contributed by atoms with Gasteiger partial charge in [0, 0.05) is 0 Å². The zero-order valence-electron chi connectivity index (χ0n) is 14.9. The maximum absolute atomic E-state index is 12.9. The first-order chi connectivity index (χ1) is 11.1. The summed E-state index contributed by atoms with van der Waals surface area (Å²) in [6, 6.07) is 1.74. The molecule has 8 heteroatoms. The van der Waals surface area contributed by atoms with Crippen LogP contribution < -0.4 is 4.72 Å². The Hall–Kier alpha value is -1.83. The molecule has 0 aliphatic heterocycles. The molecule has 0 bridgehead atoms. The molecule has 7 nitrogen and oxygen atoms in total. The molecule has 1 fully saturated rings. The summed E-state index contributed by atoms with van der Waals surface area (Å²) in [6.07, 6.45) is 4.62. The minimum absolute atomic E-state index is 0.186. The Morgan fingerprint density at radius 1 is 1.25 bits per heavy atom. The molecule has 1 aliphatic carbocycles. The van der Waals surface area contributed by atoms with Crippen molar-refractivity contribution in [2.45, 2.75) is 70.5 Å². The van der Waals surface area contributed by atoms with E-state index >= 15 is 0 Å². The zero-order valence-corrected chi connectivity index (χ0v) is 15.7. The summed E-state index contributed by atoms with van der Waals surface area (Å²) >= 11 is 0. The smallest absolute Gasteiger partial charge is 0.275 e. The van der Waals surface area contributed by atoms with Crippen LogP contribution in [0, 0.1) is 13.8 Å². The molecular weight excluding hydrogens is 326 g/mol. The number of anilines is 1. The number of sulfonamides is 1. The predicted octanol–water partition coefficient (Wildman–Crippen LogP) is 2.98. The van der Waals surface area contributed by atoms with Crippen molar-refractivity contribution >= 4 is 15.7 Å². The summed E-state index contributed by atoms with van der Waals surface area (Å²) < 4.78 is 32.0. The lowest BCUT2D eigenvalue weighted by Crippen LogP contribution is -2.26. The number of aryl methyl sites for hydroxylation is 1. The second-order valence-electron chi connectivity index (χ2n) is 7.43. The second-order valence-corrected chi connectivity index (χ2v) is 9.06. The maximum Gasteiger partial charge on any atom is 0.279 e. The average molecular weight is 351 g/mol. The van der Waals surface area contributed by atoms with Crippen LogP contribution in [0.15, 0.2) is 17.3 Å². The van der Waals surface area contributed by atoms with Crippen LogP contribution in [0.5, 0.6) is 0 Å². The van der Waals surface area contributed by atoms with E-state index in [0.717, 1.165) is 25.0 Å². The monoisotopic (exact) mass is 351 g/mol. The quantitative estimate of drug-likeness (QED) is 0.918. The molecule has 1 N–H and O–H groups in total. The van der Waals surface area contributed by atoms with E-state index < -0.39 is 10.0 Å². The van der Waals surface area contributed by atoms with Crippen molar-refractivity contribution in [1.82, 2.24) is 19.6 Å². The summed E-state index contributed by atoms with van der Waals surface area (Å²) in [5.41, 5.74) is 1.80. The number of rotatable bonds is 4. The number of hydrogen-bond donors (Lipinski definition) is 1. The van der Waals surface area contributed by atoms with E-state index in [1.807, 2.05) is 39.3 Å². The molecule has 1 aliphatic rings.